The first-order valence-electron chi connectivity index (χ1n) is 6.39. The molecule has 0 amide bonds. The van der Waals surface area contributed by atoms with Crippen LogP contribution >= 0.6 is 0 Å². The lowest BCUT2D eigenvalue weighted by atomic mass is 10.2. The molecule has 1 aromatic heterocycles. The van der Waals surface area contributed by atoms with Crippen molar-refractivity contribution in [3.05, 3.63) is 27.9 Å². The van der Waals surface area contributed by atoms with Crippen molar-refractivity contribution in [3.8, 4) is 0 Å². The number of nitrogens with zero attached hydrogens (tertiary/aromatic N) is 3. The molecule has 0 N–H and O–H groups in total. The molecular weight excluding hydrogens is 282 g/mol. The van der Waals surface area contributed by atoms with E-state index in [0.29, 0.717) is 30.9 Å². The van der Waals surface area contributed by atoms with Crippen molar-refractivity contribution in [2.24, 2.45) is 0 Å². The fourth-order valence-electron chi connectivity index (χ4n) is 2.26. The van der Waals surface area contributed by atoms with Crippen LogP contribution in [0.4, 0.5) is 11.5 Å². The van der Waals surface area contributed by atoms with Gasteiger partial charge in [0.05, 0.1) is 15.9 Å². The maximum Gasteiger partial charge on any atom is 0.287 e. The van der Waals surface area contributed by atoms with E-state index in [1.807, 2.05) is 4.90 Å². The summed E-state index contributed by atoms with van der Waals surface area (Å²) in [4.78, 5) is 16.2. The van der Waals surface area contributed by atoms with Crippen LogP contribution in [0.25, 0.3) is 0 Å². The first-order valence-corrected chi connectivity index (χ1v) is 8.10. The van der Waals surface area contributed by atoms with Crippen LogP contribution in [0.2, 0.25) is 0 Å². The Balaban J connectivity index is 2.26. The Kier molecular flexibility index (Phi) is 3.94. The summed E-state index contributed by atoms with van der Waals surface area (Å²) in [5.74, 6) is 0.714. The molecule has 110 valence electrons. The Morgan fingerprint density at radius 2 is 2.15 bits per heavy atom. The number of pyridine rings is 1. The van der Waals surface area contributed by atoms with Crippen molar-refractivity contribution >= 4 is 21.3 Å². The molecule has 7 nitrogen and oxygen atoms in total. The van der Waals surface area contributed by atoms with E-state index in [9.17, 15) is 18.5 Å². The van der Waals surface area contributed by atoms with Crippen LogP contribution in [0.1, 0.15) is 18.9 Å². The summed E-state index contributed by atoms with van der Waals surface area (Å²) in [6, 6.07) is 1.46. The lowest BCUT2D eigenvalue weighted by molar-refractivity contribution is -0.385. The van der Waals surface area contributed by atoms with Gasteiger partial charge in [0.2, 0.25) is 0 Å². The molecule has 1 saturated heterocycles. The molecule has 0 aromatic carbocycles. The van der Waals surface area contributed by atoms with Crippen molar-refractivity contribution in [3.63, 3.8) is 0 Å². The van der Waals surface area contributed by atoms with Crippen molar-refractivity contribution in [2.75, 3.05) is 23.7 Å². The van der Waals surface area contributed by atoms with Gasteiger partial charge in [0, 0.05) is 19.2 Å². The first kappa shape index (κ1) is 14.7. The van der Waals surface area contributed by atoms with E-state index in [1.165, 1.54) is 12.3 Å². The van der Waals surface area contributed by atoms with Crippen molar-refractivity contribution < 1.29 is 13.3 Å². The number of nitro groups is 1. The zero-order valence-corrected chi connectivity index (χ0v) is 12.3. The fraction of sp³-hybridized carbons (Fsp3) is 0.583. The van der Waals surface area contributed by atoms with Gasteiger partial charge in [-0.15, -0.1) is 0 Å². The maximum absolute atomic E-state index is 11.9. The quantitative estimate of drug-likeness (QED) is 0.604. The van der Waals surface area contributed by atoms with E-state index in [4.69, 9.17) is 0 Å². The molecule has 0 spiro atoms. The summed E-state index contributed by atoms with van der Waals surface area (Å²) in [5, 5.41) is 10.3. The van der Waals surface area contributed by atoms with Crippen LogP contribution in [0, 0.1) is 17.0 Å². The van der Waals surface area contributed by atoms with Gasteiger partial charge in [0.25, 0.3) is 5.69 Å². The largest absolute Gasteiger partial charge is 0.355 e. The number of anilines is 1. The second-order valence-corrected chi connectivity index (χ2v) is 7.58. The molecule has 20 heavy (non-hydrogen) atoms. The molecule has 1 aliphatic rings. The molecule has 0 unspecified atom stereocenters. The maximum atomic E-state index is 11.9. The normalized spacial score (nSPS) is 22.3. The third kappa shape index (κ3) is 2.90. The average Bonchev–Trinajstić information content (AvgIpc) is 2.50. The number of rotatable bonds is 2. The van der Waals surface area contributed by atoms with Gasteiger partial charge < -0.3 is 4.90 Å². The predicted molar refractivity (Wildman–Crippen MR) is 75.7 cm³/mol. The molecule has 1 aromatic rings. The van der Waals surface area contributed by atoms with Crippen LogP contribution in [0.5, 0.6) is 0 Å². The second-order valence-electron chi connectivity index (χ2n) is 5.04. The Hall–Kier alpha value is -1.70. The van der Waals surface area contributed by atoms with Gasteiger partial charge in [0.15, 0.2) is 9.84 Å². The Labute approximate surface area is 117 Å². The lowest BCUT2D eigenvalue weighted by Gasteiger charge is -2.22. The van der Waals surface area contributed by atoms with Crippen LogP contribution < -0.4 is 4.90 Å². The van der Waals surface area contributed by atoms with Gasteiger partial charge >= 0.3 is 0 Å². The molecule has 0 saturated carbocycles. The highest BCUT2D eigenvalue weighted by Gasteiger charge is 2.27. The zero-order valence-electron chi connectivity index (χ0n) is 11.4. The molecular formula is C12H17N3O4S. The number of hydrogen-bond donors (Lipinski definition) is 0. The summed E-state index contributed by atoms with van der Waals surface area (Å²) in [5.41, 5.74) is 0.633. The molecule has 0 radical (unpaired) electrons. The minimum absolute atomic E-state index is 0.0536. The van der Waals surface area contributed by atoms with Gasteiger partial charge in [-0.05, 0) is 25.8 Å². The Morgan fingerprint density at radius 3 is 2.75 bits per heavy atom. The molecule has 0 aliphatic carbocycles. The molecule has 2 heterocycles. The monoisotopic (exact) mass is 299 g/mol. The molecule has 1 fully saturated rings. The highest BCUT2D eigenvalue weighted by molar-refractivity contribution is 7.92. The summed E-state index contributed by atoms with van der Waals surface area (Å²) >= 11 is 0. The van der Waals surface area contributed by atoms with Crippen molar-refractivity contribution in [2.45, 2.75) is 25.5 Å². The fourth-order valence-corrected chi connectivity index (χ4v) is 3.60. The van der Waals surface area contributed by atoms with Crippen LogP contribution in [-0.2, 0) is 9.84 Å². The summed E-state index contributed by atoms with van der Waals surface area (Å²) in [6.45, 7) is 4.43. The SMILES string of the molecule is Cc1cc([N+](=O)[O-])cnc1N1CC[C@H](C)S(=O)(=O)CC1. The van der Waals surface area contributed by atoms with Crippen LogP contribution in [0.15, 0.2) is 12.3 Å². The van der Waals surface area contributed by atoms with Crippen molar-refractivity contribution in [1.82, 2.24) is 4.98 Å². The van der Waals surface area contributed by atoms with Gasteiger partial charge in [0.1, 0.15) is 12.0 Å². The third-order valence-corrected chi connectivity index (χ3v) is 5.82. The van der Waals surface area contributed by atoms with Crippen LogP contribution in [-0.4, -0.2) is 42.4 Å². The van der Waals surface area contributed by atoms with E-state index in [1.54, 1.807) is 13.8 Å². The lowest BCUT2D eigenvalue weighted by Crippen LogP contribution is -2.28. The number of aryl methyl sites for hydroxylation is 1. The molecule has 8 heteroatoms. The minimum Gasteiger partial charge on any atom is -0.355 e. The predicted octanol–water partition coefficient (Wildman–Crippen LogP) is 1.31. The Morgan fingerprint density at radius 1 is 1.45 bits per heavy atom. The smallest absolute Gasteiger partial charge is 0.287 e. The van der Waals surface area contributed by atoms with Gasteiger partial charge in [-0.25, -0.2) is 13.4 Å². The molecule has 2 rings (SSSR count). The van der Waals surface area contributed by atoms with E-state index in [0.717, 1.165) is 0 Å². The first-order chi connectivity index (χ1) is 9.31. The topological polar surface area (TPSA) is 93.4 Å². The summed E-state index contributed by atoms with van der Waals surface area (Å²) in [6.07, 6.45) is 1.76. The van der Waals surface area contributed by atoms with E-state index in [2.05, 4.69) is 4.98 Å². The van der Waals surface area contributed by atoms with E-state index in [-0.39, 0.29) is 16.7 Å². The van der Waals surface area contributed by atoms with Gasteiger partial charge in [-0.1, -0.05) is 0 Å². The van der Waals surface area contributed by atoms with Gasteiger partial charge in [-0.2, -0.15) is 0 Å². The van der Waals surface area contributed by atoms with Gasteiger partial charge in [-0.3, -0.25) is 10.1 Å². The average molecular weight is 299 g/mol. The third-order valence-electron chi connectivity index (χ3n) is 3.61. The molecule has 0 bridgehead atoms. The summed E-state index contributed by atoms with van der Waals surface area (Å²) < 4.78 is 23.7. The number of hydrogen-bond acceptors (Lipinski definition) is 6. The standard InChI is InChI=1S/C12H17N3O4S/c1-9-7-11(15(16)17)8-13-12(9)14-4-3-10(2)20(18,19)6-5-14/h7-8,10H,3-6H2,1-2H3/t10-/m0/s1. The second kappa shape index (κ2) is 5.35. The van der Waals surface area contributed by atoms with E-state index >= 15 is 0 Å². The highest BCUT2D eigenvalue weighted by Crippen LogP contribution is 2.24. The number of aromatic nitrogens is 1. The number of sulfone groups is 1. The highest BCUT2D eigenvalue weighted by atomic mass is 32.2. The summed E-state index contributed by atoms with van der Waals surface area (Å²) in [7, 11) is -3.05. The zero-order chi connectivity index (χ0) is 14.9. The van der Waals surface area contributed by atoms with Crippen molar-refractivity contribution in [1.29, 1.82) is 0 Å². The molecule has 1 aliphatic heterocycles. The Bertz CT molecular complexity index is 630. The van der Waals surface area contributed by atoms with Crippen LogP contribution in [0.3, 0.4) is 0 Å². The minimum atomic E-state index is -3.05. The van der Waals surface area contributed by atoms with E-state index < -0.39 is 14.8 Å². The molecule has 1 atom stereocenters.